The fourth-order valence-electron chi connectivity index (χ4n) is 2.89. The number of pyridine rings is 1. The van der Waals surface area contributed by atoms with E-state index in [0.29, 0.717) is 21.8 Å². The molecule has 3 aromatic heterocycles. The highest BCUT2D eigenvalue weighted by Gasteiger charge is 2.11. The summed E-state index contributed by atoms with van der Waals surface area (Å²) in [6.45, 7) is 4.08. The second-order valence-corrected chi connectivity index (χ2v) is 7.73. The lowest BCUT2D eigenvalue weighted by Gasteiger charge is -2.08. The lowest BCUT2D eigenvalue weighted by atomic mass is 10.2. The van der Waals surface area contributed by atoms with Gasteiger partial charge in [0.1, 0.15) is 0 Å². The summed E-state index contributed by atoms with van der Waals surface area (Å²) in [4.78, 5) is 29.7. The molecule has 0 aliphatic heterocycles. The highest BCUT2D eigenvalue weighted by Crippen LogP contribution is 2.20. The van der Waals surface area contributed by atoms with E-state index in [1.807, 2.05) is 36.0 Å². The highest BCUT2D eigenvalue weighted by atomic mass is 32.1. The van der Waals surface area contributed by atoms with E-state index in [4.69, 9.17) is 0 Å². The summed E-state index contributed by atoms with van der Waals surface area (Å²) in [5, 5.41) is 12.7. The number of aromatic nitrogens is 3. The fraction of sp³-hybridized carbons (Fsp3) is 0.143. The minimum Gasteiger partial charge on any atom is -0.321 e. The molecule has 146 valence electrons. The smallest absolute Gasteiger partial charge is 0.265 e. The Bertz CT molecular complexity index is 1160. The summed E-state index contributed by atoms with van der Waals surface area (Å²) in [5.41, 5.74) is 2.49. The van der Waals surface area contributed by atoms with Crippen LogP contribution in [0.2, 0.25) is 0 Å². The first-order chi connectivity index (χ1) is 14.0. The van der Waals surface area contributed by atoms with Gasteiger partial charge in [-0.05, 0) is 55.6 Å². The molecular weight excluding hydrogens is 386 g/mol. The SMILES string of the molecule is CC(C)n1ncc2cc(NC(=O)c3ccc(NC(=O)c4cccs4)cc3)cnc21. The molecule has 7 nitrogen and oxygen atoms in total. The molecule has 0 aliphatic carbocycles. The molecule has 0 bridgehead atoms. The van der Waals surface area contributed by atoms with Crippen molar-refractivity contribution >= 4 is 45.6 Å². The van der Waals surface area contributed by atoms with Crippen LogP contribution in [0.1, 0.15) is 39.9 Å². The fourth-order valence-corrected chi connectivity index (χ4v) is 3.51. The van der Waals surface area contributed by atoms with Gasteiger partial charge in [-0.1, -0.05) is 6.07 Å². The van der Waals surface area contributed by atoms with E-state index in [1.165, 1.54) is 11.3 Å². The van der Waals surface area contributed by atoms with E-state index in [0.717, 1.165) is 11.0 Å². The number of amides is 2. The van der Waals surface area contributed by atoms with Crippen LogP contribution in [-0.4, -0.2) is 26.6 Å². The third-order valence-corrected chi connectivity index (χ3v) is 5.20. The van der Waals surface area contributed by atoms with E-state index >= 15 is 0 Å². The summed E-state index contributed by atoms with van der Waals surface area (Å²) in [5.74, 6) is -0.419. The largest absolute Gasteiger partial charge is 0.321 e. The van der Waals surface area contributed by atoms with E-state index in [9.17, 15) is 9.59 Å². The van der Waals surface area contributed by atoms with Crippen molar-refractivity contribution in [1.82, 2.24) is 14.8 Å². The van der Waals surface area contributed by atoms with Gasteiger partial charge in [-0.2, -0.15) is 5.10 Å². The summed E-state index contributed by atoms with van der Waals surface area (Å²) in [7, 11) is 0. The predicted molar refractivity (Wildman–Crippen MR) is 115 cm³/mol. The second-order valence-electron chi connectivity index (χ2n) is 6.78. The van der Waals surface area contributed by atoms with Crippen molar-refractivity contribution in [3.05, 3.63) is 70.7 Å². The van der Waals surface area contributed by atoms with Crippen LogP contribution in [0.25, 0.3) is 11.0 Å². The Morgan fingerprint density at radius 2 is 1.76 bits per heavy atom. The van der Waals surface area contributed by atoms with Crippen LogP contribution in [0, 0.1) is 0 Å². The molecule has 0 radical (unpaired) electrons. The van der Waals surface area contributed by atoms with Crippen molar-refractivity contribution in [2.75, 3.05) is 10.6 Å². The molecule has 1 aromatic carbocycles. The van der Waals surface area contributed by atoms with Crippen LogP contribution in [0.5, 0.6) is 0 Å². The van der Waals surface area contributed by atoms with Crippen molar-refractivity contribution < 1.29 is 9.59 Å². The zero-order chi connectivity index (χ0) is 20.4. The number of benzene rings is 1. The maximum absolute atomic E-state index is 12.5. The first-order valence-corrected chi connectivity index (χ1v) is 9.99. The molecule has 0 spiro atoms. The highest BCUT2D eigenvalue weighted by molar-refractivity contribution is 7.12. The number of carbonyl (C=O) groups is 2. The lowest BCUT2D eigenvalue weighted by molar-refractivity contribution is 0.102. The van der Waals surface area contributed by atoms with Crippen molar-refractivity contribution in [2.45, 2.75) is 19.9 Å². The molecule has 0 unspecified atom stereocenters. The Morgan fingerprint density at radius 1 is 1.00 bits per heavy atom. The molecule has 4 aromatic rings. The predicted octanol–water partition coefficient (Wildman–Crippen LogP) is 4.58. The number of anilines is 2. The van der Waals surface area contributed by atoms with Gasteiger partial charge < -0.3 is 10.6 Å². The second kappa shape index (κ2) is 7.84. The molecule has 0 saturated heterocycles. The standard InChI is InChI=1S/C21H19N5O2S/c1-13(2)26-19-15(11-23-26)10-17(12-22-19)25-20(27)14-5-7-16(8-6-14)24-21(28)18-4-3-9-29-18/h3-13H,1-2H3,(H,24,28)(H,25,27). The molecule has 29 heavy (non-hydrogen) atoms. The number of carbonyl (C=O) groups excluding carboxylic acids is 2. The van der Waals surface area contributed by atoms with Gasteiger partial charge in [-0.3, -0.25) is 9.59 Å². The normalized spacial score (nSPS) is 11.0. The van der Waals surface area contributed by atoms with Crippen LogP contribution in [0.3, 0.4) is 0 Å². The van der Waals surface area contributed by atoms with Crippen LogP contribution in [0.4, 0.5) is 11.4 Å². The average molecular weight is 405 g/mol. The first kappa shape index (κ1) is 18.8. The summed E-state index contributed by atoms with van der Waals surface area (Å²) in [6.07, 6.45) is 3.36. The minimum atomic E-state index is -0.251. The zero-order valence-corrected chi connectivity index (χ0v) is 16.7. The molecule has 0 aliphatic rings. The number of hydrogen-bond acceptors (Lipinski definition) is 5. The van der Waals surface area contributed by atoms with Crippen molar-refractivity contribution in [3.63, 3.8) is 0 Å². The average Bonchev–Trinajstić information content (AvgIpc) is 3.38. The van der Waals surface area contributed by atoms with E-state index in [-0.39, 0.29) is 17.9 Å². The molecule has 0 saturated carbocycles. The van der Waals surface area contributed by atoms with E-state index in [2.05, 4.69) is 20.7 Å². The van der Waals surface area contributed by atoms with Gasteiger partial charge in [0.05, 0.1) is 23.0 Å². The number of fused-ring (bicyclic) bond motifs is 1. The topological polar surface area (TPSA) is 88.9 Å². The third-order valence-electron chi connectivity index (χ3n) is 4.33. The molecule has 0 fully saturated rings. The third kappa shape index (κ3) is 4.02. The van der Waals surface area contributed by atoms with Crippen LogP contribution < -0.4 is 10.6 Å². The van der Waals surface area contributed by atoms with Crippen molar-refractivity contribution in [3.8, 4) is 0 Å². The monoisotopic (exact) mass is 405 g/mol. The van der Waals surface area contributed by atoms with E-state index < -0.39 is 0 Å². The Hall–Kier alpha value is -3.52. The summed E-state index contributed by atoms with van der Waals surface area (Å²) < 4.78 is 1.84. The van der Waals surface area contributed by atoms with Crippen LogP contribution in [-0.2, 0) is 0 Å². The van der Waals surface area contributed by atoms with Crippen LogP contribution in [0.15, 0.2) is 60.2 Å². The zero-order valence-electron chi connectivity index (χ0n) is 15.9. The first-order valence-electron chi connectivity index (χ1n) is 9.11. The maximum atomic E-state index is 12.5. The maximum Gasteiger partial charge on any atom is 0.265 e. The van der Waals surface area contributed by atoms with Crippen molar-refractivity contribution in [1.29, 1.82) is 0 Å². The number of rotatable bonds is 5. The molecular formula is C21H19N5O2S. The molecule has 8 heteroatoms. The van der Waals surface area contributed by atoms with Crippen LogP contribution >= 0.6 is 11.3 Å². The van der Waals surface area contributed by atoms with Gasteiger partial charge in [0, 0.05) is 22.7 Å². The summed E-state index contributed by atoms with van der Waals surface area (Å²) >= 11 is 1.38. The molecule has 2 N–H and O–H groups in total. The summed E-state index contributed by atoms with van der Waals surface area (Å²) in [6, 6.07) is 12.4. The lowest BCUT2D eigenvalue weighted by Crippen LogP contribution is -2.13. The number of nitrogens with one attached hydrogen (secondary N) is 2. The van der Waals surface area contributed by atoms with Gasteiger partial charge in [0.2, 0.25) is 0 Å². The van der Waals surface area contributed by atoms with Gasteiger partial charge >= 0.3 is 0 Å². The Morgan fingerprint density at radius 3 is 2.45 bits per heavy atom. The molecule has 2 amide bonds. The Balaban J connectivity index is 1.44. The van der Waals surface area contributed by atoms with Crippen molar-refractivity contribution in [2.24, 2.45) is 0 Å². The molecule has 0 atom stereocenters. The number of nitrogens with zero attached hydrogens (tertiary/aromatic N) is 3. The number of thiophene rings is 1. The Kier molecular flexibility index (Phi) is 5.09. The van der Waals surface area contributed by atoms with Gasteiger partial charge in [0.25, 0.3) is 11.8 Å². The van der Waals surface area contributed by atoms with Gasteiger partial charge in [-0.25, -0.2) is 9.67 Å². The Labute approximate surface area is 171 Å². The quantitative estimate of drug-likeness (QED) is 0.509. The van der Waals surface area contributed by atoms with Gasteiger partial charge in [0.15, 0.2) is 5.65 Å². The molecule has 4 rings (SSSR count). The van der Waals surface area contributed by atoms with E-state index in [1.54, 1.807) is 42.7 Å². The number of hydrogen-bond donors (Lipinski definition) is 2. The minimum absolute atomic E-state index is 0.168. The van der Waals surface area contributed by atoms with Gasteiger partial charge in [-0.15, -0.1) is 11.3 Å². The molecule has 3 heterocycles.